The second kappa shape index (κ2) is 7.22. The smallest absolute Gasteiger partial charge is 0.318 e. The third-order valence-corrected chi connectivity index (χ3v) is 7.86. The fourth-order valence-corrected chi connectivity index (χ4v) is 6.73. The molecule has 1 aliphatic heterocycles. The van der Waals surface area contributed by atoms with Crippen molar-refractivity contribution in [3.63, 3.8) is 0 Å². The first kappa shape index (κ1) is 24.7. The SMILES string of the molecule is CC(C)CC(C)(C)C1CC2(C(=O)O1)C(C)(O)CC(C)(C)CCC(C)(C)CC2(C)O. The monoisotopic (exact) mass is 410 g/mol. The van der Waals surface area contributed by atoms with Crippen LogP contribution in [-0.4, -0.2) is 33.5 Å². The summed E-state index contributed by atoms with van der Waals surface area (Å²) in [5.41, 5.74) is -4.55. The van der Waals surface area contributed by atoms with E-state index in [2.05, 4.69) is 55.4 Å². The first-order valence-electron chi connectivity index (χ1n) is 11.4. The Morgan fingerprint density at radius 2 is 1.38 bits per heavy atom. The van der Waals surface area contributed by atoms with Crippen molar-refractivity contribution in [2.24, 2.45) is 27.6 Å². The fraction of sp³-hybridized carbons (Fsp3) is 0.960. The van der Waals surface area contributed by atoms with Gasteiger partial charge < -0.3 is 14.9 Å². The van der Waals surface area contributed by atoms with Crippen LogP contribution in [-0.2, 0) is 9.53 Å². The molecule has 3 unspecified atom stereocenters. The summed E-state index contributed by atoms with van der Waals surface area (Å²) in [6, 6.07) is 0. The molecule has 0 aromatic rings. The molecule has 170 valence electrons. The number of cyclic esters (lactones) is 1. The highest BCUT2D eigenvalue weighted by molar-refractivity contribution is 5.82. The number of rotatable bonds is 3. The predicted octanol–water partition coefficient (Wildman–Crippen LogP) is 5.49. The zero-order valence-electron chi connectivity index (χ0n) is 20.6. The molecule has 1 aliphatic carbocycles. The lowest BCUT2D eigenvalue weighted by Gasteiger charge is -2.51. The van der Waals surface area contributed by atoms with Gasteiger partial charge >= 0.3 is 5.97 Å². The van der Waals surface area contributed by atoms with E-state index >= 15 is 0 Å². The Hall–Kier alpha value is -0.610. The molecule has 1 heterocycles. The van der Waals surface area contributed by atoms with Gasteiger partial charge in [0.2, 0.25) is 0 Å². The summed E-state index contributed by atoms with van der Waals surface area (Å²) in [4.78, 5) is 13.6. The van der Waals surface area contributed by atoms with Crippen molar-refractivity contribution in [2.75, 3.05) is 0 Å². The summed E-state index contributed by atoms with van der Waals surface area (Å²) in [6.07, 6.45) is 3.76. The van der Waals surface area contributed by atoms with Crippen LogP contribution >= 0.6 is 0 Å². The average molecular weight is 411 g/mol. The normalized spacial score (nSPS) is 40.4. The molecule has 0 aromatic carbocycles. The molecule has 2 fully saturated rings. The lowest BCUT2D eigenvalue weighted by molar-refractivity contribution is -0.205. The largest absolute Gasteiger partial charge is 0.461 e. The van der Waals surface area contributed by atoms with Gasteiger partial charge in [-0.1, -0.05) is 55.4 Å². The zero-order valence-corrected chi connectivity index (χ0v) is 20.6. The summed E-state index contributed by atoms with van der Waals surface area (Å²) in [7, 11) is 0. The Balaban J connectivity index is 2.61. The molecule has 2 N–H and O–H groups in total. The third-order valence-electron chi connectivity index (χ3n) is 7.86. The summed E-state index contributed by atoms with van der Waals surface area (Å²) in [5.74, 6) is 0.0440. The van der Waals surface area contributed by atoms with Gasteiger partial charge in [-0.3, -0.25) is 4.79 Å². The second-order valence-corrected chi connectivity index (χ2v) is 13.3. The van der Waals surface area contributed by atoms with Gasteiger partial charge in [0.25, 0.3) is 0 Å². The van der Waals surface area contributed by atoms with E-state index in [0.717, 1.165) is 19.3 Å². The van der Waals surface area contributed by atoms with Crippen molar-refractivity contribution in [3.05, 3.63) is 0 Å². The number of esters is 1. The Morgan fingerprint density at radius 1 is 0.966 bits per heavy atom. The molecule has 2 rings (SSSR count). The van der Waals surface area contributed by atoms with Crippen molar-refractivity contribution >= 4 is 5.97 Å². The first-order chi connectivity index (χ1) is 12.8. The Labute approximate surface area is 178 Å². The molecule has 1 saturated heterocycles. The van der Waals surface area contributed by atoms with E-state index in [9.17, 15) is 15.0 Å². The Kier molecular flexibility index (Phi) is 6.14. The molecule has 4 nitrogen and oxygen atoms in total. The highest BCUT2D eigenvalue weighted by atomic mass is 16.6. The fourth-order valence-electron chi connectivity index (χ4n) is 6.73. The highest BCUT2D eigenvalue weighted by Gasteiger charge is 2.70. The van der Waals surface area contributed by atoms with Crippen LogP contribution in [0.15, 0.2) is 0 Å². The van der Waals surface area contributed by atoms with Crippen LogP contribution < -0.4 is 0 Å². The average Bonchev–Trinajstić information content (AvgIpc) is 2.82. The quantitative estimate of drug-likeness (QED) is 0.604. The Bertz CT molecular complexity index is 595. The van der Waals surface area contributed by atoms with Gasteiger partial charge in [0.05, 0.1) is 11.2 Å². The van der Waals surface area contributed by atoms with Gasteiger partial charge in [0.15, 0.2) is 0 Å². The predicted molar refractivity (Wildman–Crippen MR) is 117 cm³/mol. The van der Waals surface area contributed by atoms with Crippen LogP contribution in [0.5, 0.6) is 0 Å². The van der Waals surface area contributed by atoms with E-state index in [0.29, 0.717) is 25.2 Å². The maximum atomic E-state index is 13.6. The molecule has 3 atom stereocenters. The zero-order chi connectivity index (χ0) is 22.7. The van der Waals surface area contributed by atoms with Crippen LogP contribution in [0, 0.1) is 27.6 Å². The van der Waals surface area contributed by atoms with E-state index in [-0.39, 0.29) is 22.3 Å². The van der Waals surface area contributed by atoms with E-state index in [1.54, 1.807) is 13.8 Å². The Morgan fingerprint density at radius 3 is 1.76 bits per heavy atom. The highest BCUT2D eigenvalue weighted by Crippen LogP contribution is 2.60. The van der Waals surface area contributed by atoms with E-state index < -0.39 is 22.6 Å². The van der Waals surface area contributed by atoms with Gasteiger partial charge in [0, 0.05) is 11.8 Å². The van der Waals surface area contributed by atoms with Gasteiger partial charge in [0.1, 0.15) is 11.5 Å². The molecular formula is C25H46O4. The maximum absolute atomic E-state index is 13.6. The van der Waals surface area contributed by atoms with Crippen LogP contribution in [0.1, 0.15) is 108 Å². The number of hydrogen-bond acceptors (Lipinski definition) is 4. The summed E-state index contributed by atoms with van der Waals surface area (Å²) < 4.78 is 6.01. The topological polar surface area (TPSA) is 66.8 Å². The number of carbonyl (C=O) groups is 1. The van der Waals surface area contributed by atoms with Crippen molar-refractivity contribution in [1.82, 2.24) is 0 Å². The summed E-state index contributed by atoms with van der Waals surface area (Å²) >= 11 is 0. The van der Waals surface area contributed by atoms with Crippen molar-refractivity contribution in [3.8, 4) is 0 Å². The third kappa shape index (κ3) is 4.54. The van der Waals surface area contributed by atoms with Gasteiger partial charge in [-0.05, 0) is 62.7 Å². The molecule has 0 amide bonds. The van der Waals surface area contributed by atoms with E-state index in [1.807, 2.05) is 0 Å². The molecule has 2 aliphatic rings. The molecule has 0 aromatic heterocycles. The van der Waals surface area contributed by atoms with Crippen LogP contribution in [0.4, 0.5) is 0 Å². The number of aliphatic hydroxyl groups is 2. The van der Waals surface area contributed by atoms with E-state index in [4.69, 9.17) is 4.74 Å². The van der Waals surface area contributed by atoms with Crippen LogP contribution in [0.3, 0.4) is 0 Å². The van der Waals surface area contributed by atoms with Gasteiger partial charge in [-0.15, -0.1) is 0 Å². The lowest BCUT2D eigenvalue weighted by Crippen LogP contribution is -2.63. The number of ether oxygens (including phenoxy) is 1. The van der Waals surface area contributed by atoms with Crippen molar-refractivity contribution in [1.29, 1.82) is 0 Å². The minimum atomic E-state index is -1.36. The molecule has 0 bridgehead atoms. The van der Waals surface area contributed by atoms with Crippen LogP contribution in [0.2, 0.25) is 0 Å². The standard InChI is InChI=1S/C25H46O4/c1-17(2)13-22(7,8)18-14-25(19(26)29-18)23(9,27)15-20(3,4)11-12-21(5,6)16-24(25,10)28/h17-18,27-28H,11-16H2,1-10H3. The minimum absolute atomic E-state index is 0.139. The van der Waals surface area contributed by atoms with Gasteiger partial charge in [-0.25, -0.2) is 0 Å². The molecule has 1 spiro atoms. The molecule has 4 heteroatoms. The second-order valence-electron chi connectivity index (χ2n) is 13.3. The molecule has 29 heavy (non-hydrogen) atoms. The van der Waals surface area contributed by atoms with Gasteiger partial charge in [-0.2, -0.15) is 0 Å². The molecule has 1 saturated carbocycles. The molecule has 0 radical (unpaired) electrons. The summed E-state index contributed by atoms with van der Waals surface area (Å²) in [5, 5.41) is 23.7. The van der Waals surface area contributed by atoms with Crippen LogP contribution in [0.25, 0.3) is 0 Å². The minimum Gasteiger partial charge on any atom is -0.461 e. The number of hydrogen-bond donors (Lipinski definition) is 2. The number of carbonyl (C=O) groups excluding carboxylic acids is 1. The first-order valence-corrected chi connectivity index (χ1v) is 11.4. The maximum Gasteiger partial charge on any atom is 0.318 e. The van der Waals surface area contributed by atoms with E-state index in [1.165, 1.54) is 0 Å². The van der Waals surface area contributed by atoms with Crippen molar-refractivity contribution < 1.29 is 19.7 Å². The molecular weight excluding hydrogens is 364 g/mol. The van der Waals surface area contributed by atoms with Crippen molar-refractivity contribution in [2.45, 2.75) is 125 Å². The summed E-state index contributed by atoms with van der Waals surface area (Å²) in [6.45, 7) is 20.8. The lowest BCUT2D eigenvalue weighted by atomic mass is 9.55.